The number of rotatable bonds is 4. The number of nitrogens with one attached hydrogen (secondary N) is 1. The molecule has 3 rings (SSSR count). The number of aryl methyl sites for hydroxylation is 1. The van der Waals surface area contributed by atoms with E-state index in [9.17, 15) is 9.59 Å². The van der Waals surface area contributed by atoms with E-state index in [2.05, 4.69) is 9.88 Å². The lowest BCUT2D eigenvalue weighted by atomic mass is 10.2. The number of imide groups is 1. The second-order valence-corrected chi connectivity index (χ2v) is 6.52. The van der Waals surface area contributed by atoms with Crippen molar-refractivity contribution in [2.24, 2.45) is 0 Å². The lowest BCUT2D eigenvalue weighted by molar-refractivity contribution is -0.122. The lowest BCUT2D eigenvalue weighted by Gasteiger charge is -2.10. The van der Waals surface area contributed by atoms with E-state index in [0.717, 1.165) is 29.1 Å². The highest BCUT2D eigenvalue weighted by Gasteiger charge is 2.32. The molecular weight excluding hydrogens is 338 g/mol. The minimum atomic E-state index is -0.357. The van der Waals surface area contributed by atoms with Gasteiger partial charge in [0, 0.05) is 28.6 Å². The number of hydrogen-bond donors (Lipinski definition) is 1. The zero-order valence-electron chi connectivity index (χ0n) is 14.5. The fraction of sp³-hybridized carbons (Fsp3) is 0.263. The van der Waals surface area contributed by atoms with Crippen molar-refractivity contribution in [3.63, 3.8) is 0 Å². The molecule has 2 aromatic rings. The Bertz CT molecular complexity index is 866. The van der Waals surface area contributed by atoms with E-state index in [-0.39, 0.29) is 11.9 Å². The van der Waals surface area contributed by atoms with E-state index in [1.54, 1.807) is 6.08 Å². The highest BCUT2D eigenvalue weighted by molar-refractivity contribution is 6.30. The minimum Gasteiger partial charge on any atom is -0.318 e. The quantitative estimate of drug-likeness (QED) is 0.663. The van der Waals surface area contributed by atoms with E-state index in [1.807, 2.05) is 51.1 Å². The summed E-state index contributed by atoms with van der Waals surface area (Å²) in [6, 6.07) is 9.23. The van der Waals surface area contributed by atoms with Gasteiger partial charge in [-0.25, -0.2) is 4.79 Å². The Morgan fingerprint density at radius 2 is 1.84 bits per heavy atom. The molecule has 0 radical (unpaired) electrons. The van der Waals surface area contributed by atoms with Crippen LogP contribution in [-0.4, -0.2) is 28.0 Å². The summed E-state index contributed by atoms with van der Waals surface area (Å²) in [5.74, 6) is -0.275. The molecule has 0 bridgehead atoms. The van der Waals surface area contributed by atoms with Crippen LogP contribution in [-0.2, 0) is 4.79 Å². The van der Waals surface area contributed by atoms with Crippen LogP contribution in [0.3, 0.4) is 0 Å². The predicted octanol–water partition coefficient (Wildman–Crippen LogP) is 4.05. The molecular formula is C19H20ClN3O2. The molecule has 25 heavy (non-hydrogen) atoms. The number of amides is 3. The summed E-state index contributed by atoms with van der Waals surface area (Å²) in [6.45, 7) is 6.34. The fourth-order valence-electron chi connectivity index (χ4n) is 3.08. The molecule has 0 saturated carbocycles. The normalized spacial score (nSPS) is 16.0. The van der Waals surface area contributed by atoms with Gasteiger partial charge in [0.05, 0.1) is 0 Å². The minimum absolute atomic E-state index is 0.275. The van der Waals surface area contributed by atoms with Gasteiger partial charge in [-0.2, -0.15) is 0 Å². The zero-order chi connectivity index (χ0) is 18.1. The molecule has 1 aliphatic rings. The largest absolute Gasteiger partial charge is 0.329 e. The number of benzene rings is 1. The third-order valence-corrected chi connectivity index (χ3v) is 4.52. The van der Waals surface area contributed by atoms with Crippen LogP contribution >= 0.6 is 11.6 Å². The summed E-state index contributed by atoms with van der Waals surface area (Å²) in [5, 5.41) is 3.35. The first-order chi connectivity index (χ1) is 11.9. The van der Waals surface area contributed by atoms with E-state index in [0.29, 0.717) is 17.3 Å². The van der Waals surface area contributed by atoms with Gasteiger partial charge in [0.2, 0.25) is 0 Å². The van der Waals surface area contributed by atoms with Crippen LogP contribution in [0.4, 0.5) is 4.79 Å². The van der Waals surface area contributed by atoms with Gasteiger partial charge >= 0.3 is 6.03 Å². The van der Waals surface area contributed by atoms with Crippen molar-refractivity contribution in [3.8, 4) is 5.69 Å². The van der Waals surface area contributed by atoms with Gasteiger partial charge in [-0.15, -0.1) is 0 Å². The van der Waals surface area contributed by atoms with Crippen LogP contribution < -0.4 is 5.32 Å². The first-order valence-corrected chi connectivity index (χ1v) is 8.59. The second-order valence-electron chi connectivity index (χ2n) is 6.08. The molecule has 6 heteroatoms. The maximum atomic E-state index is 12.4. The van der Waals surface area contributed by atoms with Crippen LogP contribution in [0, 0.1) is 13.8 Å². The Labute approximate surface area is 151 Å². The maximum absolute atomic E-state index is 12.4. The molecule has 1 fully saturated rings. The van der Waals surface area contributed by atoms with Gasteiger partial charge in [-0.3, -0.25) is 9.69 Å². The van der Waals surface area contributed by atoms with Crippen LogP contribution in [0.15, 0.2) is 36.0 Å². The molecule has 0 unspecified atom stereocenters. The zero-order valence-corrected chi connectivity index (χ0v) is 15.2. The van der Waals surface area contributed by atoms with Crippen molar-refractivity contribution in [1.29, 1.82) is 0 Å². The molecule has 1 aromatic heterocycles. The van der Waals surface area contributed by atoms with Crippen molar-refractivity contribution < 1.29 is 9.59 Å². The standard InChI is InChI=1S/C19H20ClN3O2/c1-4-9-22-18(24)17(21-19(22)25)11-14-10-12(2)23(13(14)3)16-7-5-15(20)6-8-16/h5-8,10-11H,4,9H2,1-3H3,(H,21,25)/b17-11-. The number of urea groups is 1. The van der Waals surface area contributed by atoms with Crippen LogP contribution in [0.2, 0.25) is 5.02 Å². The number of carbonyl (C=O) groups is 2. The van der Waals surface area contributed by atoms with E-state index >= 15 is 0 Å². The number of carbonyl (C=O) groups excluding carboxylic acids is 2. The highest BCUT2D eigenvalue weighted by atomic mass is 35.5. The van der Waals surface area contributed by atoms with E-state index in [4.69, 9.17) is 11.6 Å². The Morgan fingerprint density at radius 1 is 1.16 bits per heavy atom. The number of halogens is 1. The van der Waals surface area contributed by atoms with E-state index in [1.165, 1.54) is 4.90 Å². The summed E-state index contributed by atoms with van der Waals surface area (Å²) >= 11 is 5.97. The smallest absolute Gasteiger partial charge is 0.318 e. The van der Waals surface area contributed by atoms with Gasteiger partial charge < -0.3 is 9.88 Å². The summed E-state index contributed by atoms with van der Waals surface area (Å²) in [6.07, 6.45) is 2.47. The Kier molecular flexibility index (Phi) is 4.68. The molecule has 1 saturated heterocycles. The number of nitrogens with zero attached hydrogens (tertiary/aromatic N) is 2. The molecule has 2 heterocycles. The van der Waals surface area contributed by atoms with Crippen LogP contribution in [0.5, 0.6) is 0 Å². The summed E-state index contributed by atoms with van der Waals surface area (Å²) in [5.41, 5.74) is 4.24. The third-order valence-electron chi connectivity index (χ3n) is 4.26. The molecule has 1 aromatic carbocycles. The molecule has 0 aliphatic carbocycles. The van der Waals surface area contributed by atoms with Gasteiger partial charge in [0.1, 0.15) is 5.70 Å². The Hall–Kier alpha value is -2.53. The molecule has 0 atom stereocenters. The Balaban J connectivity index is 1.97. The van der Waals surface area contributed by atoms with Crippen molar-refractivity contribution in [1.82, 2.24) is 14.8 Å². The van der Waals surface area contributed by atoms with Crippen LogP contribution in [0.25, 0.3) is 11.8 Å². The van der Waals surface area contributed by atoms with E-state index < -0.39 is 0 Å². The molecule has 130 valence electrons. The average Bonchev–Trinajstić information content (AvgIpc) is 3.00. The highest BCUT2D eigenvalue weighted by Crippen LogP contribution is 2.24. The summed E-state index contributed by atoms with van der Waals surface area (Å²) in [4.78, 5) is 25.5. The molecule has 5 nitrogen and oxygen atoms in total. The van der Waals surface area contributed by atoms with Gasteiger partial charge in [-0.1, -0.05) is 18.5 Å². The van der Waals surface area contributed by atoms with Crippen molar-refractivity contribution in [3.05, 3.63) is 58.0 Å². The first kappa shape index (κ1) is 17.3. The SMILES string of the molecule is CCCN1C(=O)N/C(=C\c2cc(C)n(-c3ccc(Cl)cc3)c2C)C1=O. The van der Waals surface area contributed by atoms with Crippen molar-refractivity contribution in [2.45, 2.75) is 27.2 Å². The van der Waals surface area contributed by atoms with Gasteiger partial charge in [-0.05, 0) is 62.2 Å². The molecule has 1 aliphatic heterocycles. The molecule has 1 N–H and O–H groups in total. The first-order valence-electron chi connectivity index (χ1n) is 8.21. The number of aromatic nitrogens is 1. The van der Waals surface area contributed by atoms with Crippen molar-refractivity contribution >= 4 is 29.6 Å². The molecule has 0 spiro atoms. The summed E-state index contributed by atoms with van der Waals surface area (Å²) in [7, 11) is 0. The topological polar surface area (TPSA) is 54.3 Å². The second kappa shape index (κ2) is 6.76. The van der Waals surface area contributed by atoms with Gasteiger partial charge in [0.15, 0.2) is 0 Å². The third kappa shape index (κ3) is 3.20. The average molecular weight is 358 g/mol. The Morgan fingerprint density at radius 3 is 2.48 bits per heavy atom. The summed E-state index contributed by atoms with van der Waals surface area (Å²) < 4.78 is 2.09. The molecule has 3 amide bonds. The number of hydrogen-bond acceptors (Lipinski definition) is 2. The van der Waals surface area contributed by atoms with Crippen LogP contribution in [0.1, 0.15) is 30.3 Å². The van der Waals surface area contributed by atoms with Crippen molar-refractivity contribution in [2.75, 3.05) is 6.54 Å². The fourth-order valence-corrected chi connectivity index (χ4v) is 3.20. The monoisotopic (exact) mass is 357 g/mol. The van der Waals surface area contributed by atoms with Gasteiger partial charge in [0.25, 0.3) is 5.91 Å². The lowest BCUT2D eigenvalue weighted by Crippen LogP contribution is -2.31. The maximum Gasteiger partial charge on any atom is 0.329 e. The predicted molar refractivity (Wildman–Crippen MR) is 98.8 cm³/mol.